The van der Waals surface area contributed by atoms with Gasteiger partial charge in [0.25, 0.3) is 0 Å². The number of amides is 1. The fourth-order valence-corrected chi connectivity index (χ4v) is 3.17. The SMILES string of the molecule is CS(=O)(=O)N(CCC(=O)Nc1ccccc1F)Cc1ccccc1Cl. The van der Waals surface area contributed by atoms with Gasteiger partial charge in [0.1, 0.15) is 5.82 Å². The normalized spacial score (nSPS) is 11.5. The molecule has 0 aromatic heterocycles. The van der Waals surface area contributed by atoms with Gasteiger partial charge >= 0.3 is 0 Å². The number of nitrogens with zero attached hydrogens (tertiary/aromatic N) is 1. The smallest absolute Gasteiger partial charge is 0.225 e. The van der Waals surface area contributed by atoms with E-state index in [1.54, 1.807) is 30.3 Å². The molecular formula is C17H18ClFN2O3S. The van der Waals surface area contributed by atoms with E-state index in [1.807, 2.05) is 0 Å². The standard InChI is InChI=1S/C17H18ClFN2O3S/c1-25(23,24)21(12-13-6-2-3-7-14(13)18)11-10-17(22)20-16-9-5-4-8-15(16)19/h2-9H,10-12H2,1H3,(H,20,22). The average Bonchev–Trinajstić information content (AvgIpc) is 2.54. The quantitative estimate of drug-likeness (QED) is 0.796. The first-order chi connectivity index (χ1) is 11.8. The van der Waals surface area contributed by atoms with Crippen LogP contribution in [0.4, 0.5) is 10.1 Å². The van der Waals surface area contributed by atoms with Gasteiger partial charge in [-0.15, -0.1) is 0 Å². The second-order valence-corrected chi connectivity index (χ2v) is 7.86. The van der Waals surface area contributed by atoms with Crippen molar-refractivity contribution in [3.05, 3.63) is 64.9 Å². The number of para-hydroxylation sites is 1. The van der Waals surface area contributed by atoms with Gasteiger partial charge in [0, 0.05) is 24.5 Å². The van der Waals surface area contributed by atoms with Crippen LogP contribution < -0.4 is 5.32 Å². The number of hydrogen-bond acceptors (Lipinski definition) is 3. The molecular weight excluding hydrogens is 367 g/mol. The van der Waals surface area contributed by atoms with Crippen LogP contribution in [0, 0.1) is 5.82 Å². The molecule has 0 radical (unpaired) electrons. The molecule has 0 aliphatic heterocycles. The first-order valence-corrected chi connectivity index (χ1v) is 9.73. The maximum absolute atomic E-state index is 13.5. The van der Waals surface area contributed by atoms with Crippen molar-refractivity contribution in [2.24, 2.45) is 0 Å². The lowest BCUT2D eigenvalue weighted by Gasteiger charge is -2.20. The van der Waals surface area contributed by atoms with Gasteiger partial charge in [-0.25, -0.2) is 12.8 Å². The third-order valence-corrected chi connectivity index (χ3v) is 5.13. The Morgan fingerprint density at radius 2 is 1.80 bits per heavy atom. The van der Waals surface area contributed by atoms with E-state index in [0.29, 0.717) is 10.6 Å². The number of carbonyl (C=O) groups excluding carboxylic acids is 1. The minimum Gasteiger partial charge on any atom is -0.324 e. The number of hydrogen-bond donors (Lipinski definition) is 1. The number of carbonyl (C=O) groups is 1. The highest BCUT2D eigenvalue weighted by Gasteiger charge is 2.19. The highest BCUT2D eigenvalue weighted by atomic mass is 35.5. The zero-order valence-electron chi connectivity index (χ0n) is 13.6. The van der Waals surface area contributed by atoms with Crippen LogP contribution in [0.25, 0.3) is 0 Å². The summed E-state index contributed by atoms with van der Waals surface area (Å²) in [4.78, 5) is 12.0. The average molecular weight is 385 g/mol. The van der Waals surface area contributed by atoms with Gasteiger partial charge in [-0.05, 0) is 23.8 Å². The van der Waals surface area contributed by atoms with Crippen LogP contribution in [0.2, 0.25) is 5.02 Å². The van der Waals surface area contributed by atoms with E-state index < -0.39 is 21.7 Å². The van der Waals surface area contributed by atoms with Crippen LogP contribution in [0.15, 0.2) is 48.5 Å². The van der Waals surface area contributed by atoms with E-state index in [2.05, 4.69) is 5.32 Å². The molecule has 0 fully saturated rings. The van der Waals surface area contributed by atoms with Gasteiger partial charge in [-0.3, -0.25) is 4.79 Å². The molecule has 0 saturated heterocycles. The lowest BCUT2D eigenvalue weighted by atomic mass is 10.2. The maximum atomic E-state index is 13.5. The third kappa shape index (κ3) is 5.81. The second kappa shape index (κ2) is 8.42. The Bertz CT molecular complexity index is 858. The Morgan fingerprint density at radius 1 is 1.16 bits per heavy atom. The summed E-state index contributed by atoms with van der Waals surface area (Å²) in [5.74, 6) is -1.02. The lowest BCUT2D eigenvalue weighted by molar-refractivity contribution is -0.116. The number of nitrogens with one attached hydrogen (secondary N) is 1. The van der Waals surface area contributed by atoms with E-state index >= 15 is 0 Å². The number of sulfonamides is 1. The zero-order valence-corrected chi connectivity index (χ0v) is 15.1. The molecule has 2 rings (SSSR count). The highest BCUT2D eigenvalue weighted by molar-refractivity contribution is 7.88. The molecule has 0 spiro atoms. The largest absolute Gasteiger partial charge is 0.324 e. The van der Waals surface area contributed by atoms with Crippen LogP contribution in [0.5, 0.6) is 0 Å². The van der Waals surface area contributed by atoms with Gasteiger partial charge in [0.15, 0.2) is 0 Å². The number of halogens is 2. The first kappa shape index (κ1) is 19.4. The summed E-state index contributed by atoms with van der Waals surface area (Å²) in [6.45, 7) is 0.0236. The minimum absolute atomic E-state index is 0.0374. The van der Waals surface area contributed by atoms with Crippen molar-refractivity contribution >= 4 is 33.2 Å². The van der Waals surface area contributed by atoms with E-state index in [0.717, 1.165) is 10.6 Å². The molecule has 1 amide bonds. The molecule has 0 atom stereocenters. The van der Waals surface area contributed by atoms with Gasteiger partial charge in [-0.1, -0.05) is 41.9 Å². The van der Waals surface area contributed by atoms with Gasteiger partial charge < -0.3 is 5.32 Å². The van der Waals surface area contributed by atoms with Crippen molar-refractivity contribution < 1.29 is 17.6 Å². The predicted octanol–water partition coefficient (Wildman–Crippen LogP) is 3.27. The summed E-state index contributed by atoms with van der Waals surface area (Å²) < 4.78 is 38.6. The minimum atomic E-state index is -3.54. The third-order valence-electron chi connectivity index (χ3n) is 3.51. The molecule has 0 saturated carbocycles. The Kier molecular flexibility index (Phi) is 6.52. The topological polar surface area (TPSA) is 66.5 Å². The summed E-state index contributed by atoms with van der Waals surface area (Å²) in [6, 6.07) is 12.7. The molecule has 0 heterocycles. The summed E-state index contributed by atoms with van der Waals surface area (Å²) in [5, 5.41) is 2.88. The number of rotatable bonds is 7. The molecule has 1 N–H and O–H groups in total. The monoisotopic (exact) mass is 384 g/mol. The maximum Gasteiger partial charge on any atom is 0.225 e. The van der Waals surface area contributed by atoms with E-state index in [-0.39, 0.29) is 25.2 Å². The number of anilines is 1. The van der Waals surface area contributed by atoms with Crippen LogP contribution in [0.3, 0.4) is 0 Å². The Balaban J connectivity index is 2.02. The Labute approximate surface area is 151 Å². The zero-order chi connectivity index (χ0) is 18.4. The fraction of sp³-hybridized carbons (Fsp3) is 0.235. The molecule has 5 nitrogen and oxygen atoms in total. The number of benzene rings is 2. The molecule has 8 heteroatoms. The first-order valence-electron chi connectivity index (χ1n) is 7.50. The molecule has 134 valence electrons. The molecule has 0 aliphatic carbocycles. The second-order valence-electron chi connectivity index (χ2n) is 5.47. The van der Waals surface area contributed by atoms with Crippen molar-refractivity contribution in [2.45, 2.75) is 13.0 Å². The molecule has 0 unspecified atom stereocenters. The van der Waals surface area contributed by atoms with Gasteiger partial charge in [0.2, 0.25) is 15.9 Å². The van der Waals surface area contributed by atoms with Crippen molar-refractivity contribution in [3.8, 4) is 0 Å². The summed E-state index contributed by atoms with van der Waals surface area (Å²) in [6.07, 6.45) is 0.963. The molecule has 2 aromatic carbocycles. The fourth-order valence-electron chi connectivity index (χ4n) is 2.18. The predicted molar refractivity (Wildman–Crippen MR) is 96.4 cm³/mol. The van der Waals surface area contributed by atoms with Gasteiger partial charge in [-0.2, -0.15) is 4.31 Å². The van der Waals surface area contributed by atoms with Gasteiger partial charge in [0.05, 0.1) is 11.9 Å². The van der Waals surface area contributed by atoms with Crippen molar-refractivity contribution in [2.75, 3.05) is 18.1 Å². The molecule has 0 bridgehead atoms. The summed E-state index contributed by atoms with van der Waals surface area (Å²) in [5.41, 5.74) is 0.702. The van der Waals surface area contributed by atoms with Crippen LogP contribution >= 0.6 is 11.6 Å². The summed E-state index contributed by atoms with van der Waals surface area (Å²) in [7, 11) is -3.54. The molecule has 0 aliphatic rings. The molecule has 25 heavy (non-hydrogen) atoms. The van der Waals surface area contributed by atoms with E-state index in [9.17, 15) is 17.6 Å². The van der Waals surface area contributed by atoms with E-state index in [4.69, 9.17) is 11.6 Å². The Hall–Kier alpha value is -1.96. The van der Waals surface area contributed by atoms with Crippen molar-refractivity contribution in [1.29, 1.82) is 0 Å². The van der Waals surface area contributed by atoms with Crippen LogP contribution in [-0.2, 0) is 21.4 Å². The highest BCUT2D eigenvalue weighted by Crippen LogP contribution is 2.19. The van der Waals surface area contributed by atoms with Crippen LogP contribution in [-0.4, -0.2) is 31.4 Å². The lowest BCUT2D eigenvalue weighted by Crippen LogP contribution is -2.32. The summed E-state index contributed by atoms with van der Waals surface area (Å²) >= 11 is 6.06. The van der Waals surface area contributed by atoms with E-state index in [1.165, 1.54) is 18.2 Å². The Morgan fingerprint density at radius 3 is 2.44 bits per heavy atom. The molecule has 2 aromatic rings. The van der Waals surface area contributed by atoms with Crippen molar-refractivity contribution in [1.82, 2.24) is 4.31 Å². The van der Waals surface area contributed by atoms with Crippen molar-refractivity contribution in [3.63, 3.8) is 0 Å². The van der Waals surface area contributed by atoms with Crippen LogP contribution in [0.1, 0.15) is 12.0 Å².